The maximum atomic E-state index is 13.9. The highest BCUT2D eigenvalue weighted by Gasteiger charge is 2.26. The number of nitrogens with zero attached hydrogens (tertiary/aromatic N) is 5. The molecule has 2 N–H and O–H groups in total. The van der Waals surface area contributed by atoms with E-state index in [9.17, 15) is 9.59 Å². The lowest BCUT2D eigenvalue weighted by molar-refractivity contribution is -0.116. The first-order valence-electron chi connectivity index (χ1n) is 14.2. The molecular formula is C26H32ClN7O3S. The largest absolute Gasteiger partial charge is 0.377 e. The van der Waals surface area contributed by atoms with E-state index in [2.05, 4.69) is 15.7 Å². The summed E-state index contributed by atoms with van der Waals surface area (Å²) in [4.78, 5) is 34.5. The van der Waals surface area contributed by atoms with Crippen molar-refractivity contribution in [1.82, 2.24) is 24.5 Å². The topological polar surface area (TPSA) is 106 Å². The molecule has 1 amide bonds. The summed E-state index contributed by atoms with van der Waals surface area (Å²) >= 11 is 7.10. The third-order valence-corrected chi connectivity index (χ3v) is 7.46. The minimum atomic E-state index is -2.21. The number of carbonyl (C=O) groups is 1. The van der Waals surface area contributed by atoms with Gasteiger partial charge < -0.3 is 24.8 Å². The van der Waals surface area contributed by atoms with Crippen LogP contribution in [0.2, 0.25) is 5.02 Å². The molecule has 3 aromatic rings. The number of aromatic nitrogens is 4. The van der Waals surface area contributed by atoms with Gasteiger partial charge in [-0.3, -0.25) is 9.59 Å². The number of benzene rings is 1. The van der Waals surface area contributed by atoms with Crippen molar-refractivity contribution in [2.24, 2.45) is 0 Å². The second-order valence-corrected chi connectivity index (χ2v) is 10.2. The summed E-state index contributed by atoms with van der Waals surface area (Å²) < 4.78 is 31.1. The van der Waals surface area contributed by atoms with Crippen molar-refractivity contribution in [3.63, 3.8) is 0 Å². The maximum Gasteiger partial charge on any atom is 0.299 e. The van der Waals surface area contributed by atoms with Crippen molar-refractivity contribution in [2.45, 2.75) is 37.6 Å². The molecule has 0 bridgehead atoms. The van der Waals surface area contributed by atoms with E-state index in [0.717, 1.165) is 31.5 Å². The molecule has 0 unspecified atom stereocenters. The number of rotatable bonds is 7. The Bertz CT molecular complexity index is 1530. The van der Waals surface area contributed by atoms with Gasteiger partial charge in [-0.1, -0.05) is 24.6 Å². The number of allylic oxidation sites excluding steroid dienone is 1. The lowest BCUT2D eigenvalue weighted by Gasteiger charge is -2.31. The van der Waals surface area contributed by atoms with Gasteiger partial charge in [0.2, 0.25) is 11.7 Å². The van der Waals surface area contributed by atoms with Crippen molar-refractivity contribution in [1.29, 1.82) is 0 Å². The standard InChI is InChI=1S/C26H32ClN7O3S/c1-3-21-23(32-11-9-28-10-12-32)25(36)34-26(30-24(31-34)17-6-4-5-13-37-16-17)33(21)15-22(35)29-20-8-7-18(38-2)14-19(20)27/h6-8,14,28H,3-5,9-13,15-16H2,1-2H3,(H,29,35)/i2D3. The van der Waals surface area contributed by atoms with Crippen molar-refractivity contribution in [2.75, 3.05) is 55.8 Å². The van der Waals surface area contributed by atoms with Crippen LogP contribution in [0.25, 0.3) is 11.4 Å². The molecule has 1 saturated heterocycles. The number of anilines is 2. The van der Waals surface area contributed by atoms with Gasteiger partial charge >= 0.3 is 0 Å². The van der Waals surface area contributed by atoms with Gasteiger partial charge in [0.15, 0.2) is 5.82 Å². The Morgan fingerprint density at radius 3 is 2.95 bits per heavy atom. The van der Waals surface area contributed by atoms with Gasteiger partial charge in [-0.15, -0.1) is 16.9 Å². The Kier molecular flexibility index (Phi) is 7.22. The Labute approximate surface area is 234 Å². The summed E-state index contributed by atoms with van der Waals surface area (Å²) in [5, 5.41) is 11.0. The number of hydrogen-bond donors (Lipinski definition) is 2. The number of ether oxygens (including phenoxy) is 1. The fraction of sp³-hybridized carbons (Fsp3) is 0.462. The van der Waals surface area contributed by atoms with Crippen LogP contribution >= 0.6 is 23.4 Å². The van der Waals surface area contributed by atoms with Crippen LogP contribution in [-0.2, 0) is 22.5 Å². The molecule has 4 heterocycles. The molecular weight excluding hydrogens is 526 g/mol. The van der Waals surface area contributed by atoms with E-state index in [4.69, 9.17) is 25.4 Å². The summed E-state index contributed by atoms with van der Waals surface area (Å²) in [5.74, 6) is 0.302. The van der Waals surface area contributed by atoms with E-state index in [1.807, 2.05) is 17.9 Å². The number of fused-ring (bicyclic) bond motifs is 1. The predicted octanol–water partition coefficient (Wildman–Crippen LogP) is 3.07. The van der Waals surface area contributed by atoms with Crippen LogP contribution < -0.4 is 21.1 Å². The van der Waals surface area contributed by atoms with Gasteiger partial charge in [0.25, 0.3) is 5.56 Å². The minimum Gasteiger partial charge on any atom is -0.377 e. The van der Waals surface area contributed by atoms with Crippen LogP contribution in [0.3, 0.4) is 0 Å². The van der Waals surface area contributed by atoms with Crippen LogP contribution in [0.15, 0.2) is 34.0 Å². The molecule has 2 aliphatic rings. The zero-order valence-electron chi connectivity index (χ0n) is 24.1. The molecule has 2 aromatic heterocycles. The summed E-state index contributed by atoms with van der Waals surface area (Å²) in [5.41, 5.74) is 2.10. The molecule has 0 radical (unpaired) electrons. The summed E-state index contributed by atoms with van der Waals surface area (Å²) in [7, 11) is 0. The van der Waals surface area contributed by atoms with Gasteiger partial charge in [0.05, 0.1) is 23.0 Å². The molecule has 2 aliphatic heterocycles. The van der Waals surface area contributed by atoms with E-state index in [0.29, 0.717) is 72.3 Å². The summed E-state index contributed by atoms with van der Waals surface area (Å²) in [6.07, 6.45) is 2.05. The highest BCUT2D eigenvalue weighted by Crippen LogP contribution is 2.28. The zero-order chi connectivity index (χ0) is 29.1. The van der Waals surface area contributed by atoms with E-state index >= 15 is 0 Å². The van der Waals surface area contributed by atoms with Crippen LogP contribution in [0.1, 0.15) is 35.4 Å². The highest BCUT2D eigenvalue weighted by atomic mass is 35.5. The van der Waals surface area contributed by atoms with E-state index < -0.39 is 6.18 Å². The second-order valence-electron chi connectivity index (χ2n) is 9.14. The van der Waals surface area contributed by atoms with E-state index in [-0.39, 0.29) is 28.8 Å². The third-order valence-electron chi connectivity index (χ3n) is 6.66. The highest BCUT2D eigenvalue weighted by molar-refractivity contribution is 7.98. The molecule has 12 heteroatoms. The van der Waals surface area contributed by atoms with Gasteiger partial charge in [-0.25, -0.2) is 0 Å². The first-order chi connectivity index (χ1) is 19.6. The van der Waals surface area contributed by atoms with E-state index in [1.54, 1.807) is 16.7 Å². The van der Waals surface area contributed by atoms with Gasteiger partial charge in [-0.05, 0) is 43.6 Å². The van der Waals surface area contributed by atoms with Gasteiger partial charge in [0, 0.05) is 47.4 Å². The second kappa shape index (κ2) is 11.9. The zero-order valence-corrected chi connectivity index (χ0v) is 22.7. The SMILES string of the molecule is [2H]C([2H])([2H])Sc1ccc(NC(=O)Cn2c(CC)c(N3CCNCC3)c(=O)n3nc(C4=CCCCOC4)nc23)c(Cl)c1. The van der Waals surface area contributed by atoms with Crippen molar-refractivity contribution >= 4 is 52.0 Å². The van der Waals surface area contributed by atoms with Crippen molar-refractivity contribution in [3.05, 3.63) is 51.2 Å². The fourth-order valence-electron chi connectivity index (χ4n) is 4.81. The van der Waals surface area contributed by atoms with Crippen LogP contribution in [0.4, 0.5) is 11.4 Å². The van der Waals surface area contributed by atoms with Gasteiger partial charge in [-0.2, -0.15) is 9.50 Å². The lowest BCUT2D eigenvalue weighted by Crippen LogP contribution is -2.47. The molecule has 0 spiro atoms. The van der Waals surface area contributed by atoms with Crippen LogP contribution in [-0.4, -0.2) is 70.6 Å². The Morgan fingerprint density at radius 2 is 2.18 bits per heavy atom. The number of hydrogen-bond acceptors (Lipinski definition) is 8. The molecule has 10 nitrogen and oxygen atoms in total. The average molecular weight is 561 g/mol. The predicted molar refractivity (Wildman–Crippen MR) is 152 cm³/mol. The number of halogens is 1. The fourth-order valence-corrected chi connectivity index (χ4v) is 5.41. The van der Waals surface area contributed by atoms with Crippen molar-refractivity contribution < 1.29 is 13.6 Å². The normalized spacial score (nSPS) is 17.9. The monoisotopic (exact) mass is 560 g/mol. The van der Waals surface area contributed by atoms with E-state index in [1.165, 1.54) is 10.6 Å². The Morgan fingerprint density at radius 1 is 1.34 bits per heavy atom. The smallest absolute Gasteiger partial charge is 0.299 e. The molecule has 38 heavy (non-hydrogen) atoms. The van der Waals surface area contributed by atoms with Crippen LogP contribution in [0, 0.1) is 0 Å². The van der Waals surface area contributed by atoms with Gasteiger partial charge in [0.1, 0.15) is 12.2 Å². The molecule has 1 fully saturated rings. The molecule has 0 atom stereocenters. The molecule has 5 rings (SSSR count). The molecule has 1 aromatic carbocycles. The minimum absolute atomic E-state index is 0.137. The first-order valence-corrected chi connectivity index (χ1v) is 13.9. The number of amides is 1. The first kappa shape index (κ1) is 23.1. The van der Waals surface area contributed by atoms with Crippen LogP contribution in [0.5, 0.6) is 0 Å². The number of piperazine rings is 1. The molecule has 0 aliphatic carbocycles. The number of thioether (sulfide) groups is 1. The average Bonchev–Trinajstić information content (AvgIpc) is 3.20. The summed E-state index contributed by atoms with van der Waals surface area (Å²) in [6.45, 7) is 5.58. The quantitative estimate of drug-likeness (QED) is 0.425. The van der Waals surface area contributed by atoms with Crippen molar-refractivity contribution in [3.8, 4) is 0 Å². The number of carbonyl (C=O) groups excluding carboxylic acids is 1. The molecule has 202 valence electrons. The summed E-state index contributed by atoms with van der Waals surface area (Å²) in [6, 6.07) is 4.69. The molecule has 0 saturated carbocycles. The Hall–Kier alpha value is -2.86. The lowest BCUT2D eigenvalue weighted by atomic mass is 10.2. The number of nitrogens with one attached hydrogen (secondary N) is 2. The maximum absolute atomic E-state index is 13.9. The Balaban J connectivity index is 1.53. The third kappa shape index (κ3) is 5.47.